The van der Waals surface area contributed by atoms with Crippen molar-refractivity contribution in [3.05, 3.63) is 46.8 Å². The lowest BCUT2D eigenvalue weighted by Gasteiger charge is -2.08. The van der Waals surface area contributed by atoms with E-state index >= 15 is 0 Å². The Morgan fingerprint density at radius 3 is 3.05 bits per heavy atom. The minimum Gasteiger partial charge on any atom is -0.391 e. The lowest BCUT2D eigenvalue weighted by atomic mass is 10.3. The summed E-state index contributed by atoms with van der Waals surface area (Å²) in [6, 6.07) is 3.94. The zero-order valence-electron chi connectivity index (χ0n) is 11.1. The number of rotatable bonds is 7. The normalized spacial score (nSPS) is 10.4. The van der Waals surface area contributed by atoms with Crippen molar-refractivity contribution in [3.63, 3.8) is 0 Å². The quantitative estimate of drug-likeness (QED) is 0.542. The molecule has 106 valence electrons. The first kappa shape index (κ1) is 14.0. The number of nitrogen functional groups attached to an aromatic ring is 1. The summed E-state index contributed by atoms with van der Waals surface area (Å²) in [6.07, 6.45) is 5.83. The summed E-state index contributed by atoms with van der Waals surface area (Å²) < 4.78 is 0. The zero-order chi connectivity index (χ0) is 14.2. The van der Waals surface area contributed by atoms with Crippen molar-refractivity contribution in [3.8, 4) is 0 Å². The zero-order valence-corrected chi connectivity index (χ0v) is 11.1. The van der Waals surface area contributed by atoms with Crippen LogP contribution in [0.3, 0.4) is 0 Å². The highest BCUT2D eigenvalue weighted by atomic mass is 16.1. The topological polar surface area (TPSA) is 109 Å². The second kappa shape index (κ2) is 7.25. The van der Waals surface area contributed by atoms with Gasteiger partial charge in [0.25, 0.3) is 5.56 Å². The van der Waals surface area contributed by atoms with Crippen LogP contribution in [-0.4, -0.2) is 28.0 Å². The van der Waals surface area contributed by atoms with Crippen molar-refractivity contribution in [1.82, 2.24) is 20.3 Å². The van der Waals surface area contributed by atoms with E-state index in [-0.39, 0.29) is 11.2 Å². The van der Waals surface area contributed by atoms with Gasteiger partial charge in [-0.2, -0.15) is 0 Å². The number of nitrogens with one attached hydrogen (secondary N) is 3. The Hall–Kier alpha value is -2.41. The molecule has 0 bridgehead atoms. The predicted octanol–water partition coefficient (Wildman–Crippen LogP) is 0.339. The molecule has 0 fully saturated rings. The molecule has 0 radical (unpaired) electrons. The third-order valence-corrected chi connectivity index (χ3v) is 2.76. The van der Waals surface area contributed by atoms with Crippen molar-refractivity contribution < 1.29 is 0 Å². The number of pyridine rings is 1. The molecule has 0 saturated carbocycles. The first-order valence-electron chi connectivity index (χ1n) is 6.44. The van der Waals surface area contributed by atoms with Gasteiger partial charge in [-0.05, 0) is 24.6 Å². The molecule has 7 nitrogen and oxygen atoms in total. The number of anilines is 2. The Bertz CT molecular complexity index is 583. The standard InChI is InChI=1S/C13H18N6O/c14-11-12(18-9-19-13(11)20)17-6-2-5-16-8-10-3-1-4-15-7-10/h1,3-4,7,9,16H,2,5-6,8,14H2,(H2,17,18,19,20). The summed E-state index contributed by atoms with van der Waals surface area (Å²) in [5.41, 5.74) is 6.56. The monoisotopic (exact) mass is 274 g/mol. The molecule has 0 amide bonds. The molecule has 0 aliphatic carbocycles. The van der Waals surface area contributed by atoms with E-state index < -0.39 is 0 Å². The van der Waals surface area contributed by atoms with Crippen molar-refractivity contribution in [2.75, 3.05) is 24.1 Å². The Morgan fingerprint density at radius 2 is 2.25 bits per heavy atom. The third kappa shape index (κ3) is 4.06. The van der Waals surface area contributed by atoms with Crippen LogP contribution in [0.4, 0.5) is 11.5 Å². The molecule has 2 aromatic heterocycles. The first-order valence-corrected chi connectivity index (χ1v) is 6.44. The molecule has 0 aliphatic heterocycles. The van der Waals surface area contributed by atoms with Gasteiger partial charge in [-0.25, -0.2) is 4.98 Å². The molecule has 20 heavy (non-hydrogen) atoms. The van der Waals surface area contributed by atoms with Crippen molar-refractivity contribution in [2.45, 2.75) is 13.0 Å². The minimum absolute atomic E-state index is 0.121. The van der Waals surface area contributed by atoms with Gasteiger partial charge in [-0.1, -0.05) is 6.07 Å². The molecule has 2 heterocycles. The molecule has 0 unspecified atom stereocenters. The molecular formula is C13H18N6O. The minimum atomic E-state index is -0.322. The number of aromatic amines is 1. The van der Waals surface area contributed by atoms with Gasteiger partial charge >= 0.3 is 0 Å². The first-order chi connectivity index (χ1) is 9.77. The van der Waals surface area contributed by atoms with Crippen LogP contribution in [0.1, 0.15) is 12.0 Å². The van der Waals surface area contributed by atoms with E-state index in [2.05, 4.69) is 25.6 Å². The van der Waals surface area contributed by atoms with Crippen LogP contribution in [-0.2, 0) is 6.54 Å². The summed E-state index contributed by atoms with van der Waals surface area (Å²) in [4.78, 5) is 21.7. The van der Waals surface area contributed by atoms with Crippen LogP contribution in [0.5, 0.6) is 0 Å². The van der Waals surface area contributed by atoms with Crippen LogP contribution in [0.2, 0.25) is 0 Å². The maximum atomic E-state index is 11.3. The van der Waals surface area contributed by atoms with E-state index in [1.54, 1.807) is 6.20 Å². The van der Waals surface area contributed by atoms with Crippen molar-refractivity contribution in [2.24, 2.45) is 0 Å². The number of nitrogens with two attached hydrogens (primary N) is 1. The van der Waals surface area contributed by atoms with Crippen molar-refractivity contribution in [1.29, 1.82) is 0 Å². The SMILES string of the molecule is Nc1c(NCCCNCc2cccnc2)nc[nH]c1=O. The smallest absolute Gasteiger partial charge is 0.276 e. The van der Waals surface area contributed by atoms with E-state index in [9.17, 15) is 4.79 Å². The Kier molecular flexibility index (Phi) is 5.08. The lowest BCUT2D eigenvalue weighted by molar-refractivity contribution is 0.661. The van der Waals surface area contributed by atoms with Crippen LogP contribution < -0.4 is 21.9 Å². The van der Waals surface area contributed by atoms with E-state index in [1.165, 1.54) is 6.33 Å². The summed E-state index contributed by atoms with van der Waals surface area (Å²) in [5.74, 6) is 0.431. The summed E-state index contributed by atoms with van der Waals surface area (Å²) in [6.45, 7) is 2.34. The number of hydrogen-bond acceptors (Lipinski definition) is 6. The average molecular weight is 274 g/mol. The summed E-state index contributed by atoms with van der Waals surface area (Å²) in [5, 5.41) is 6.36. The van der Waals surface area contributed by atoms with Crippen LogP contribution in [0, 0.1) is 0 Å². The molecule has 0 spiro atoms. The molecule has 0 aromatic carbocycles. The van der Waals surface area contributed by atoms with Gasteiger partial charge in [0.1, 0.15) is 5.69 Å². The maximum absolute atomic E-state index is 11.3. The fraction of sp³-hybridized carbons (Fsp3) is 0.308. The Morgan fingerprint density at radius 1 is 1.35 bits per heavy atom. The predicted molar refractivity (Wildman–Crippen MR) is 78.3 cm³/mol. The highest BCUT2D eigenvalue weighted by Crippen LogP contribution is 2.06. The third-order valence-electron chi connectivity index (χ3n) is 2.76. The van der Waals surface area contributed by atoms with Gasteiger partial charge in [0, 0.05) is 25.5 Å². The summed E-state index contributed by atoms with van der Waals surface area (Å²) >= 11 is 0. The van der Waals surface area contributed by atoms with E-state index in [0.717, 1.165) is 25.1 Å². The molecule has 5 N–H and O–H groups in total. The molecular weight excluding hydrogens is 256 g/mol. The average Bonchev–Trinajstić information content (AvgIpc) is 2.48. The fourth-order valence-electron chi connectivity index (χ4n) is 1.71. The second-order valence-corrected chi connectivity index (χ2v) is 4.31. The van der Waals surface area contributed by atoms with Crippen LogP contribution in [0.25, 0.3) is 0 Å². The number of hydrogen-bond donors (Lipinski definition) is 4. The second-order valence-electron chi connectivity index (χ2n) is 4.31. The highest BCUT2D eigenvalue weighted by molar-refractivity contribution is 5.58. The van der Waals surface area contributed by atoms with Gasteiger partial charge in [0.15, 0.2) is 5.82 Å². The molecule has 0 atom stereocenters. The largest absolute Gasteiger partial charge is 0.391 e. The maximum Gasteiger partial charge on any atom is 0.276 e. The van der Waals surface area contributed by atoms with Crippen LogP contribution in [0.15, 0.2) is 35.6 Å². The van der Waals surface area contributed by atoms with E-state index in [4.69, 9.17) is 5.73 Å². The van der Waals surface area contributed by atoms with Gasteiger partial charge in [-0.15, -0.1) is 0 Å². The molecule has 2 rings (SSSR count). The molecule has 2 aromatic rings. The molecule has 0 aliphatic rings. The van der Waals surface area contributed by atoms with Gasteiger partial charge in [0.2, 0.25) is 0 Å². The van der Waals surface area contributed by atoms with Crippen molar-refractivity contribution >= 4 is 11.5 Å². The van der Waals surface area contributed by atoms with Gasteiger partial charge < -0.3 is 21.4 Å². The molecule has 0 saturated heterocycles. The van der Waals surface area contributed by atoms with E-state index in [1.807, 2.05) is 18.3 Å². The number of aromatic nitrogens is 3. The summed E-state index contributed by atoms with van der Waals surface area (Å²) in [7, 11) is 0. The fourth-order valence-corrected chi connectivity index (χ4v) is 1.71. The van der Waals surface area contributed by atoms with Gasteiger partial charge in [0.05, 0.1) is 6.33 Å². The number of H-pyrrole nitrogens is 1. The van der Waals surface area contributed by atoms with E-state index in [0.29, 0.717) is 12.4 Å². The van der Waals surface area contributed by atoms with Gasteiger partial charge in [-0.3, -0.25) is 9.78 Å². The Labute approximate surface area is 116 Å². The highest BCUT2D eigenvalue weighted by Gasteiger charge is 2.02. The van der Waals surface area contributed by atoms with Crippen LogP contribution >= 0.6 is 0 Å². The molecule has 7 heteroatoms. The Balaban J connectivity index is 1.65. The lowest BCUT2D eigenvalue weighted by Crippen LogP contribution is -2.20. The number of nitrogens with zero attached hydrogens (tertiary/aromatic N) is 2.